The number of aliphatic hydroxyl groups excluding tert-OH is 1. The van der Waals surface area contributed by atoms with Gasteiger partial charge in [0.15, 0.2) is 0 Å². The van der Waals surface area contributed by atoms with Crippen LogP contribution in [0.25, 0.3) is 5.57 Å². The third-order valence-corrected chi connectivity index (χ3v) is 3.54. The molecule has 0 fully saturated rings. The summed E-state index contributed by atoms with van der Waals surface area (Å²) < 4.78 is 5.18. The van der Waals surface area contributed by atoms with Crippen molar-refractivity contribution in [3.8, 4) is 0 Å². The molecule has 2 rings (SSSR count). The maximum Gasteiger partial charge on any atom is 0.408 e. The van der Waals surface area contributed by atoms with E-state index in [0.29, 0.717) is 18.7 Å². The Morgan fingerprint density at radius 1 is 1.50 bits per heavy atom. The van der Waals surface area contributed by atoms with Gasteiger partial charge in [0.05, 0.1) is 18.0 Å². The number of aliphatic hydroxyl groups is 1. The average molecular weight is 320 g/mol. The highest BCUT2D eigenvalue weighted by Gasteiger charge is 2.16. The zero-order valence-corrected chi connectivity index (χ0v) is 13.7. The van der Waals surface area contributed by atoms with Crippen LogP contribution in [0.1, 0.15) is 37.9 Å². The fraction of sp³-hybridized carbons (Fsp3) is 0.375. The molecule has 2 N–H and O–H groups in total. The maximum absolute atomic E-state index is 11.6. The van der Waals surface area contributed by atoms with E-state index in [4.69, 9.17) is 4.74 Å². The molecule has 1 amide bonds. The summed E-state index contributed by atoms with van der Waals surface area (Å²) in [5.74, 6) is 0.307. The summed E-state index contributed by atoms with van der Waals surface area (Å²) in [6.07, 6.45) is 7.46. The number of thiazole rings is 1. The van der Waals surface area contributed by atoms with Gasteiger partial charge in [-0.25, -0.2) is 9.78 Å². The average Bonchev–Trinajstić information content (AvgIpc) is 2.77. The van der Waals surface area contributed by atoms with Crippen LogP contribution in [0.4, 0.5) is 4.79 Å². The topological polar surface area (TPSA) is 71.5 Å². The van der Waals surface area contributed by atoms with Crippen molar-refractivity contribution in [1.29, 1.82) is 0 Å². The van der Waals surface area contributed by atoms with E-state index in [1.807, 2.05) is 44.4 Å². The smallest absolute Gasteiger partial charge is 0.408 e. The lowest BCUT2D eigenvalue weighted by Gasteiger charge is -2.19. The monoisotopic (exact) mass is 320 g/mol. The number of nitrogens with one attached hydrogen (secondary N) is 1. The zero-order valence-electron chi connectivity index (χ0n) is 12.9. The van der Waals surface area contributed by atoms with Gasteiger partial charge in [-0.2, -0.15) is 0 Å². The fourth-order valence-corrected chi connectivity index (χ4v) is 2.54. The molecule has 1 aliphatic rings. The lowest BCUT2D eigenvalue weighted by atomic mass is 10.2. The van der Waals surface area contributed by atoms with Crippen LogP contribution in [0.15, 0.2) is 35.4 Å². The van der Waals surface area contributed by atoms with Gasteiger partial charge in [-0.1, -0.05) is 18.2 Å². The number of carbonyl (C=O) groups is 1. The van der Waals surface area contributed by atoms with Gasteiger partial charge in [0.1, 0.15) is 10.6 Å². The first-order chi connectivity index (χ1) is 10.3. The third kappa shape index (κ3) is 5.04. The van der Waals surface area contributed by atoms with Crippen LogP contribution in [0.3, 0.4) is 0 Å². The van der Waals surface area contributed by atoms with E-state index in [1.54, 1.807) is 6.08 Å². The van der Waals surface area contributed by atoms with Gasteiger partial charge in [-0.15, -0.1) is 11.3 Å². The summed E-state index contributed by atoms with van der Waals surface area (Å²) in [5, 5.41) is 15.0. The van der Waals surface area contributed by atoms with Gasteiger partial charge in [0, 0.05) is 17.4 Å². The Balaban J connectivity index is 1.97. The molecular formula is C16H20N2O3S. The SMILES string of the molecule is CC(C)(C)OC(=O)NCc1nc(C2=CC=CCC(O)=C2)cs1. The van der Waals surface area contributed by atoms with Crippen molar-refractivity contribution in [3.05, 3.63) is 46.1 Å². The standard InChI is InChI=1S/C16H20N2O3S/c1-16(2,3)21-15(20)17-9-14-18-13(10-22-14)11-6-4-5-7-12(19)8-11/h4-6,8,10,19H,7,9H2,1-3H3,(H,17,20). The van der Waals surface area contributed by atoms with Crippen LogP contribution in [-0.2, 0) is 11.3 Å². The predicted molar refractivity (Wildman–Crippen MR) is 87.6 cm³/mol. The summed E-state index contributed by atoms with van der Waals surface area (Å²) in [5.41, 5.74) is 1.12. The van der Waals surface area contributed by atoms with Gasteiger partial charge in [-0.05, 0) is 26.8 Å². The van der Waals surface area contributed by atoms with Crippen LogP contribution in [0.5, 0.6) is 0 Å². The molecule has 0 aromatic carbocycles. The van der Waals surface area contributed by atoms with Crippen molar-refractivity contribution in [2.75, 3.05) is 0 Å². The second-order valence-electron chi connectivity index (χ2n) is 5.87. The number of amides is 1. The predicted octanol–water partition coefficient (Wildman–Crippen LogP) is 3.95. The number of hydrogen-bond donors (Lipinski definition) is 2. The Bertz CT molecular complexity index is 636. The zero-order chi connectivity index (χ0) is 16.2. The largest absolute Gasteiger partial charge is 0.512 e. The molecule has 0 atom stereocenters. The maximum atomic E-state index is 11.6. The van der Waals surface area contributed by atoms with Crippen LogP contribution in [0, 0.1) is 0 Å². The van der Waals surface area contributed by atoms with E-state index in [2.05, 4.69) is 10.3 Å². The summed E-state index contributed by atoms with van der Waals surface area (Å²) in [6.45, 7) is 5.77. The molecule has 0 radical (unpaired) electrons. The van der Waals surface area contributed by atoms with Gasteiger partial charge < -0.3 is 15.2 Å². The molecule has 5 nitrogen and oxygen atoms in total. The van der Waals surface area contributed by atoms with Crippen molar-refractivity contribution in [1.82, 2.24) is 10.3 Å². The molecule has 0 bridgehead atoms. The molecule has 22 heavy (non-hydrogen) atoms. The first-order valence-corrected chi connectivity index (χ1v) is 7.89. The van der Waals surface area contributed by atoms with Gasteiger partial charge in [0.25, 0.3) is 0 Å². The van der Waals surface area contributed by atoms with Crippen LogP contribution in [-0.4, -0.2) is 21.8 Å². The Morgan fingerprint density at radius 2 is 2.27 bits per heavy atom. The number of ether oxygens (including phenoxy) is 1. The van der Waals surface area contributed by atoms with Crippen molar-refractivity contribution in [2.45, 2.75) is 39.3 Å². The number of allylic oxidation sites excluding steroid dienone is 5. The molecule has 6 heteroatoms. The van der Waals surface area contributed by atoms with Crippen LogP contribution >= 0.6 is 11.3 Å². The summed E-state index contributed by atoms with van der Waals surface area (Å²) in [4.78, 5) is 16.1. The highest BCUT2D eigenvalue weighted by Crippen LogP contribution is 2.22. The lowest BCUT2D eigenvalue weighted by Crippen LogP contribution is -2.32. The molecule has 1 aliphatic carbocycles. The molecule has 0 aliphatic heterocycles. The Kier molecular flexibility index (Phi) is 5.03. The first kappa shape index (κ1) is 16.3. The molecular weight excluding hydrogens is 300 g/mol. The summed E-state index contributed by atoms with van der Waals surface area (Å²) >= 11 is 1.45. The Hall–Kier alpha value is -2.08. The first-order valence-electron chi connectivity index (χ1n) is 7.01. The third-order valence-electron chi connectivity index (χ3n) is 2.69. The quantitative estimate of drug-likeness (QED) is 0.884. The molecule has 1 aromatic rings. The summed E-state index contributed by atoms with van der Waals surface area (Å²) in [7, 11) is 0. The number of rotatable bonds is 3. The highest BCUT2D eigenvalue weighted by molar-refractivity contribution is 7.09. The van der Waals surface area contributed by atoms with Crippen LogP contribution in [0.2, 0.25) is 0 Å². The molecule has 1 heterocycles. The molecule has 0 saturated heterocycles. The van der Waals surface area contributed by atoms with Gasteiger partial charge in [0.2, 0.25) is 0 Å². The minimum absolute atomic E-state index is 0.307. The number of carbonyl (C=O) groups excluding carboxylic acids is 1. The number of hydrogen-bond acceptors (Lipinski definition) is 5. The molecule has 0 spiro atoms. The fourth-order valence-electron chi connectivity index (χ4n) is 1.79. The molecule has 0 saturated carbocycles. The second kappa shape index (κ2) is 6.79. The van der Waals surface area contributed by atoms with Crippen LogP contribution < -0.4 is 5.32 Å². The molecule has 0 unspecified atom stereocenters. The lowest BCUT2D eigenvalue weighted by molar-refractivity contribution is 0.0523. The molecule has 118 valence electrons. The van der Waals surface area contributed by atoms with Crippen molar-refractivity contribution in [2.24, 2.45) is 0 Å². The minimum Gasteiger partial charge on any atom is -0.512 e. The van der Waals surface area contributed by atoms with E-state index in [9.17, 15) is 9.90 Å². The second-order valence-corrected chi connectivity index (χ2v) is 6.81. The van der Waals surface area contributed by atoms with Crippen molar-refractivity contribution >= 4 is 23.0 Å². The minimum atomic E-state index is -0.516. The Labute approximate surface area is 134 Å². The van der Waals surface area contributed by atoms with Crippen molar-refractivity contribution in [3.63, 3.8) is 0 Å². The van der Waals surface area contributed by atoms with Crippen molar-refractivity contribution < 1.29 is 14.6 Å². The van der Waals surface area contributed by atoms with Gasteiger partial charge >= 0.3 is 6.09 Å². The summed E-state index contributed by atoms with van der Waals surface area (Å²) in [6, 6.07) is 0. The van der Waals surface area contributed by atoms with E-state index in [-0.39, 0.29) is 0 Å². The van der Waals surface area contributed by atoms with E-state index < -0.39 is 11.7 Å². The number of alkyl carbamates (subject to hydrolysis) is 1. The normalized spacial score (nSPS) is 14.9. The van der Waals surface area contributed by atoms with Gasteiger partial charge in [-0.3, -0.25) is 0 Å². The number of nitrogens with zero attached hydrogens (tertiary/aromatic N) is 1. The van der Waals surface area contributed by atoms with E-state index in [1.165, 1.54) is 11.3 Å². The van der Waals surface area contributed by atoms with E-state index in [0.717, 1.165) is 16.3 Å². The molecule has 1 aromatic heterocycles. The number of aromatic nitrogens is 1. The van der Waals surface area contributed by atoms with E-state index >= 15 is 0 Å². The Morgan fingerprint density at radius 3 is 3.00 bits per heavy atom. The highest BCUT2D eigenvalue weighted by atomic mass is 32.1.